The Bertz CT molecular complexity index is 1240. The van der Waals surface area contributed by atoms with Gasteiger partial charge in [0.05, 0.1) is 0 Å². The first kappa shape index (κ1) is 21.2. The molecule has 4 aromatic rings. The van der Waals surface area contributed by atoms with Gasteiger partial charge in [0.25, 0.3) is 5.91 Å². The van der Waals surface area contributed by atoms with Crippen molar-refractivity contribution in [1.82, 2.24) is 10.3 Å². The van der Waals surface area contributed by atoms with Crippen LogP contribution in [0.2, 0.25) is 0 Å². The van der Waals surface area contributed by atoms with Gasteiger partial charge in [-0.05, 0) is 49.1 Å². The summed E-state index contributed by atoms with van der Waals surface area (Å²) in [6.45, 7) is 1.89. The molecule has 0 bridgehead atoms. The van der Waals surface area contributed by atoms with Crippen molar-refractivity contribution < 1.29 is 12.4 Å². The smallest absolute Gasteiger partial charge is 0.252 e. The van der Waals surface area contributed by atoms with E-state index in [-0.39, 0.29) is 14.7 Å². The van der Waals surface area contributed by atoms with Gasteiger partial charge < -0.3 is 10.6 Å². The van der Waals surface area contributed by atoms with Gasteiger partial charge in [0, 0.05) is 37.3 Å². The number of nitrogens with one attached hydrogen (secondary N) is 2. The number of nitrogens with zero attached hydrogens (tertiary/aromatic N) is 1. The van der Waals surface area contributed by atoms with Crippen LogP contribution in [0.1, 0.15) is 30.8 Å². The van der Waals surface area contributed by atoms with Crippen molar-refractivity contribution in [2.75, 3.05) is 5.32 Å². The normalized spacial score (nSPS) is 11.7. The zero-order valence-electron chi connectivity index (χ0n) is 17.9. The molecule has 1 atom stereocenters. The molecular formula is C27H29N3O2. The Balaban J connectivity index is 0.00000204. The number of aryl methyl sites for hydroxylation is 2. The highest BCUT2D eigenvalue weighted by molar-refractivity contribution is 6.06. The molecule has 0 aliphatic carbocycles. The van der Waals surface area contributed by atoms with Gasteiger partial charge >= 0.3 is 0 Å². The molecule has 2 N–H and O–H groups in total. The third-order valence-corrected chi connectivity index (χ3v) is 5.51. The standard InChI is InChI=1S/C27H25N3O2.2H2/c1-19-8-5-6-12-22(19)26(31)30-25(15-14-20-9-3-2-4-10-20)27(32)29-24-13-7-11-21-18-28-17-16-23(21)24;;/h2-13,16-18,25H,14-15H2,1H3,(H,29,32)(H,30,31);2*1H. The number of anilines is 1. The lowest BCUT2D eigenvalue weighted by atomic mass is 10.0. The molecule has 1 unspecified atom stereocenters. The van der Waals surface area contributed by atoms with Gasteiger partial charge in [-0.1, -0.05) is 60.7 Å². The van der Waals surface area contributed by atoms with Crippen LogP contribution in [-0.4, -0.2) is 22.8 Å². The summed E-state index contributed by atoms with van der Waals surface area (Å²) in [5.41, 5.74) is 3.26. The fraction of sp³-hybridized carbons (Fsp3) is 0.148. The summed E-state index contributed by atoms with van der Waals surface area (Å²) in [4.78, 5) is 30.4. The molecule has 0 radical (unpaired) electrons. The maximum Gasteiger partial charge on any atom is 0.252 e. The molecule has 164 valence electrons. The zero-order chi connectivity index (χ0) is 22.3. The third-order valence-electron chi connectivity index (χ3n) is 5.51. The maximum atomic E-state index is 13.3. The van der Waals surface area contributed by atoms with Crippen molar-refractivity contribution >= 4 is 28.3 Å². The molecule has 32 heavy (non-hydrogen) atoms. The zero-order valence-corrected chi connectivity index (χ0v) is 17.9. The predicted molar refractivity (Wildman–Crippen MR) is 132 cm³/mol. The number of pyridine rings is 1. The van der Waals surface area contributed by atoms with Crippen LogP contribution >= 0.6 is 0 Å². The van der Waals surface area contributed by atoms with E-state index >= 15 is 0 Å². The lowest BCUT2D eigenvalue weighted by Gasteiger charge is -2.20. The van der Waals surface area contributed by atoms with E-state index in [1.807, 2.05) is 79.7 Å². The number of hydrogen-bond donors (Lipinski definition) is 2. The van der Waals surface area contributed by atoms with Gasteiger partial charge in [0.2, 0.25) is 5.91 Å². The molecule has 1 heterocycles. The van der Waals surface area contributed by atoms with Crippen LogP contribution in [0.25, 0.3) is 10.8 Å². The summed E-state index contributed by atoms with van der Waals surface area (Å²) in [6.07, 6.45) is 4.62. The molecule has 5 nitrogen and oxygen atoms in total. The summed E-state index contributed by atoms with van der Waals surface area (Å²) in [5.74, 6) is -0.495. The van der Waals surface area contributed by atoms with E-state index in [9.17, 15) is 9.59 Å². The Hall–Kier alpha value is -3.99. The molecular weight excluding hydrogens is 398 g/mol. The SMILES string of the molecule is Cc1ccccc1C(=O)NC(CCc1ccccc1)C(=O)Nc1cccc2cnccc12.[HH].[HH]. The monoisotopic (exact) mass is 427 g/mol. The topological polar surface area (TPSA) is 71.1 Å². The molecule has 0 spiro atoms. The van der Waals surface area contributed by atoms with Gasteiger partial charge in [0.1, 0.15) is 6.04 Å². The van der Waals surface area contributed by atoms with Crippen molar-refractivity contribution in [1.29, 1.82) is 0 Å². The molecule has 5 heteroatoms. The average molecular weight is 428 g/mol. The van der Waals surface area contributed by atoms with Gasteiger partial charge in [-0.3, -0.25) is 14.6 Å². The lowest BCUT2D eigenvalue weighted by Crippen LogP contribution is -2.44. The molecule has 0 aliphatic rings. The fourth-order valence-corrected chi connectivity index (χ4v) is 3.74. The van der Waals surface area contributed by atoms with Crippen LogP contribution in [0.5, 0.6) is 0 Å². The second kappa shape index (κ2) is 9.88. The molecule has 3 aromatic carbocycles. The number of rotatable bonds is 7. The van der Waals surface area contributed by atoms with Gasteiger partial charge in [-0.2, -0.15) is 0 Å². The lowest BCUT2D eigenvalue weighted by molar-refractivity contribution is -0.118. The Kier molecular flexibility index (Phi) is 6.56. The Morgan fingerprint density at radius 2 is 1.72 bits per heavy atom. The van der Waals surface area contributed by atoms with Gasteiger partial charge in [-0.15, -0.1) is 0 Å². The van der Waals surface area contributed by atoms with Crippen LogP contribution in [0.3, 0.4) is 0 Å². The molecule has 2 amide bonds. The van der Waals surface area contributed by atoms with E-state index in [1.165, 1.54) is 0 Å². The average Bonchev–Trinajstić information content (AvgIpc) is 2.82. The van der Waals surface area contributed by atoms with E-state index in [0.717, 1.165) is 21.9 Å². The largest absolute Gasteiger partial charge is 0.340 e. The van der Waals surface area contributed by atoms with E-state index in [2.05, 4.69) is 15.6 Å². The first-order chi connectivity index (χ1) is 15.6. The highest BCUT2D eigenvalue weighted by atomic mass is 16.2. The molecule has 1 aromatic heterocycles. The van der Waals surface area contributed by atoms with E-state index in [1.54, 1.807) is 18.5 Å². The van der Waals surface area contributed by atoms with Crippen LogP contribution < -0.4 is 10.6 Å². The quantitative estimate of drug-likeness (QED) is 0.414. The van der Waals surface area contributed by atoms with Crippen LogP contribution in [-0.2, 0) is 11.2 Å². The van der Waals surface area contributed by atoms with Crippen molar-refractivity contribution in [3.05, 3.63) is 108 Å². The molecule has 0 fully saturated rings. The van der Waals surface area contributed by atoms with Crippen molar-refractivity contribution in [3.63, 3.8) is 0 Å². The number of amides is 2. The van der Waals surface area contributed by atoms with Crippen LogP contribution in [0.4, 0.5) is 5.69 Å². The number of carbonyl (C=O) groups is 2. The first-order valence-corrected chi connectivity index (χ1v) is 10.7. The van der Waals surface area contributed by atoms with Crippen molar-refractivity contribution in [2.45, 2.75) is 25.8 Å². The minimum absolute atomic E-state index is 0. The van der Waals surface area contributed by atoms with Crippen LogP contribution in [0.15, 0.2) is 91.3 Å². The number of fused-ring (bicyclic) bond motifs is 1. The van der Waals surface area contributed by atoms with Crippen LogP contribution in [0, 0.1) is 6.92 Å². The van der Waals surface area contributed by atoms with E-state index in [4.69, 9.17) is 0 Å². The van der Waals surface area contributed by atoms with E-state index in [0.29, 0.717) is 24.1 Å². The van der Waals surface area contributed by atoms with Gasteiger partial charge in [0.15, 0.2) is 0 Å². The molecule has 4 rings (SSSR count). The third kappa shape index (κ3) is 5.01. The Labute approximate surface area is 190 Å². The van der Waals surface area contributed by atoms with Gasteiger partial charge in [-0.25, -0.2) is 0 Å². The molecule has 0 aliphatic heterocycles. The second-order valence-corrected chi connectivity index (χ2v) is 7.76. The number of hydrogen-bond acceptors (Lipinski definition) is 3. The maximum absolute atomic E-state index is 13.3. The Morgan fingerprint density at radius 1 is 0.938 bits per heavy atom. The summed E-state index contributed by atoms with van der Waals surface area (Å²) >= 11 is 0. The fourth-order valence-electron chi connectivity index (χ4n) is 3.74. The number of aromatic nitrogens is 1. The minimum atomic E-state index is -0.681. The summed E-state index contributed by atoms with van der Waals surface area (Å²) in [5, 5.41) is 7.81. The summed E-state index contributed by atoms with van der Waals surface area (Å²) in [6, 6.07) is 24.2. The Morgan fingerprint density at radius 3 is 2.53 bits per heavy atom. The highest BCUT2D eigenvalue weighted by Gasteiger charge is 2.22. The minimum Gasteiger partial charge on any atom is -0.340 e. The van der Waals surface area contributed by atoms with Crippen molar-refractivity contribution in [3.8, 4) is 0 Å². The summed E-state index contributed by atoms with van der Waals surface area (Å²) in [7, 11) is 0. The first-order valence-electron chi connectivity index (χ1n) is 10.7. The highest BCUT2D eigenvalue weighted by Crippen LogP contribution is 2.22. The van der Waals surface area contributed by atoms with Crippen molar-refractivity contribution in [2.24, 2.45) is 0 Å². The number of benzene rings is 3. The predicted octanol–water partition coefficient (Wildman–Crippen LogP) is 5.41. The van der Waals surface area contributed by atoms with E-state index < -0.39 is 6.04 Å². The molecule has 0 saturated carbocycles. The number of carbonyl (C=O) groups excluding carboxylic acids is 2. The summed E-state index contributed by atoms with van der Waals surface area (Å²) < 4.78 is 0. The second-order valence-electron chi connectivity index (χ2n) is 7.76. The molecule has 0 saturated heterocycles.